The molecule has 0 unspecified atom stereocenters. The van der Waals surface area contributed by atoms with E-state index in [0.29, 0.717) is 0 Å². The Morgan fingerprint density at radius 1 is 1.50 bits per heavy atom. The van der Waals surface area contributed by atoms with Crippen LogP contribution in [0, 0.1) is 0 Å². The zero-order chi connectivity index (χ0) is 7.98. The smallest absolute Gasteiger partial charge is 0.0211 e. The molecule has 56 valence electrons. The molecule has 0 rings (SSSR count). The van der Waals surface area contributed by atoms with Crippen molar-refractivity contribution in [1.82, 2.24) is 0 Å². The van der Waals surface area contributed by atoms with Gasteiger partial charge in [-0.2, -0.15) is 12.6 Å². The van der Waals surface area contributed by atoms with Crippen molar-refractivity contribution in [3.63, 3.8) is 0 Å². The summed E-state index contributed by atoms with van der Waals surface area (Å²) in [6.07, 6.45) is 1.94. The summed E-state index contributed by atoms with van der Waals surface area (Å²) in [4.78, 5) is 1.10. The first-order chi connectivity index (χ1) is 4.66. The first-order valence-corrected chi connectivity index (χ1v) is 4.36. The molecule has 0 N–H and O–H groups in total. The summed E-state index contributed by atoms with van der Waals surface area (Å²) in [5.41, 5.74) is 1.20. The average Bonchev–Trinajstić information content (AvgIpc) is 1.85. The van der Waals surface area contributed by atoms with Crippen molar-refractivity contribution in [3.05, 3.63) is 33.9 Å². The van der Waals surface area contributed by atoms with Crippen LogP contribution in [0.1, 0.15) is 13.8 Å². The molecule has 0 atom stereocenters. The Hall–Kier alpha value is -0.0800. The molecular formula is C8H12S2. The minimum atomic E-state index is 1.10. The van der Waals surface area contributed by atoms with Gasteiger partial charge in [-0.15, -0.1) is 11.8 Å². The van der Waals surface area contributed by atoms with E-state index >= 15 is 0 Å². The summed E-state index contributed by atoms with van der Waals surface area (Å²) in [5, 5.41) is 3.78. The van der Waals surface area contributed by atoms with E-state index in [0.717, 1.165) is 4.91 Å². The maximum Gasteiger partial charge on any atom is -0.0211 e. The minimum absolute atomic E-state index is 1.10. The van der Waals surface area contributed by atoms with Gasteiger partial charge in [0.2, 0.25) is 0 Å². The predicted molar refractivity (Wildman–Crippen MR) is 54.3 cm³/mol. The number of allylic oxidation sites excluding steroid dienone is 3. The van der Waals surface area contributed by atoms with Gasteiger partial charge in [-0.25, -0.2) is 0 Å². The molecule has 0 radical (unpaired) electrons. The lowest BCUT2D eigenvalue weighted by Gasteiger charge is -1.91. The van der Waals surface area contributed by atoms with E-state index in [1.165, 1.54) is 5.57 Å². The monoisotopic (exact) mass is 172 g/mol. The van der Waals surface area contributed by atoms with Crippen molar-refractivity contribution >= 4 is 24.4 Å². The maximum absolute atomic E-state index is 3.95. The van der Waals surface area contributed by atoms with Gasteiger partial charge in [0.15, 0.2) is 0 Å². The standard InChI is InChI=1S/C8H12S2/c1-7(2)10-6-8(3)4-5-9/h4-6,9H,1H2,2-3H3/b5-4?,8-6+. The Morgan fingerprint density at radius 2 is 2.10 bits per heavy atom. The zero-order valence-corrected chi connectivity index (χ0v) is 8.01. The summed E-state index contributed by atoms with van der Waals surface area (Å²) in [6, 6.07) is 0. The Kier molecular flexibility index (Phi) is 5.64. The summed E-state index contributed by atoms with van der Waals surface area (Å²) in [5.74, 6) is 0. The summed E-state index contributed by atoms with van der Waals surface area (Å²) >= 11 is 5.59. The molecule has 0 amide bonds. The van der Waals surface area contributed by atoms with Crippen LogP contribution in [-0.2, 0) is 0 Å². The fourth-order valence-electron chi connectivity index (χ4n) is 0.350. The highest BCUT2D eigenvalue weighted by atomic mass is 32.2. The lowest BCUT2D eigenvalue weighted by molar-refractivity contribution is 1.56. The maximum atomic E-state index is 3.95. The van der Waals surface area contributed by atoms with Gasteiger partial charge in [0.25, 0.3) is 0 Å². The second-order valence-corrected chi connectivity index (χ2v) is 3.46. The summed E-state index contributed by atoms with van der Waals surface area (Å²) < 4.78 is 0. The Balaban J connectivity index is 3.80. The van der Waals surface area contributed by atoms with Crippen molar-refractivity contribution < 1.29 is 0 Å². The number of thiol groups is 1. The second kappa shape index (κ2) is 5.69. The van der Waals surface area contributed by atoms with Crippen LogP contribution in [0.2, 0.25) is 0 Å². The van der Waals surface area contributed by atoms with E-state index in [2.05, 4.69) is 24.6 Å². The highest BCUT2D eigenvalue weighted by Gasteiger charge is 1.82. The van der Waals surface area contributed by atoms with Gasteiger partial charge in [0.1, 0.15) is 0 Å². The fourth-order valence-corrected chi connectivity index (χ4v) is 1.05. The molecule has 0 saturated carbocycles. The molecule has 0 aromatic heterocycles. The molecule has 0 fully saturated rings. The first kappa shape index (κ1) is 9.92. The highest BCUT2D eigenvalue weighted by molar-refractivity contribution is 8.05. The van der Waals surface area contributed by atoms with E-state index in [1.807, 2.05) is 19.9 Å². The summed E-state index contributed by atoms with van der Waals surface area (Å²) in [6.45, 7) is 7.78. The molecule has 0 saturated heterocycles. The number of hydrogen-bond donors (Lipinski definition) is 1. The van der Waals surface area contributed by atoms with E-state index in [1.54, 1.807) is 17.2 Å². The molecule has 0 spiro atoms. The van der Waals surface area contributed by atoms with E-state index in [9.17, 15) is 0 Å². The van der Waals surface area contributed by atoms with Crippen molar-refractivity contribution in [2.24, 2.45) is 0 Å². The molecular weight excluding hydrogens is 160 g/mol. The number of hydrogen-bond acceptors (Lipinski definition) is 2. The predicted octanol–water partition coefficient (Wildman–Crippen LogP) is 3.60. The van der Waals surface area contributed by atoms with Gasteiger partial charge in [-0.05, 0) is 35.1 Å². The van der Waals surface area contributed by atoms with Gasteiger partial charge < -0.3 is 0 Å². The van der Waals surface area contributed by atoms with Crippen LogP contribution in [0.5, 0.6) is 0 Å². The van der Waals surface area contributed by atoms with Gasteiger partial charge in [-0.3, -0.25) is 0 Å². The third-order valence-electron chi connectivity index (χ3n) is 0.783. The molecule has 0 bridgehead atoms. The Bertz CT molecular complexity index is 166. The molecule has 0 aliphatic heterocycles. The van der Waals surface area contributed by atoms with Gasteiger partial charge in [0, 0.05) is 0 Å². The SMILES string of the molecule is C=C(C)S/C=C(\C)C=CS. The largest absolute Gasteiger partial charge is 0.151 e. The summed E-state index contributed by atoms with van der Waals surface area (Å²) in [7, 11) is 0. The average molecular weight is 172 g/mol. The Labute approximate surface area is 72.5 Å². The van der Waals surface area contributed by atoms with E-state index in [4.69, 9.17) is 0 Å². The molecule has 10 heavy (non-hydrogen) atoms. The lowest BCUT2D eigenvalue weighted by Crippen LogP contribution is -1.63. The van der Waals surface area contributed by atoms with E-state index < -0.39 is 0 Å². The van der Waals surface area contributed by atoms with E-state index in [-0.39, 0.29) is 0 Å². The molecule has 2 heteroatoms. The van der Waals surface area contributed by atoms with Crippen molar-refractivity contribution in [3.8, 4) is 0 Å². The van der Waals surface area contributed by atoms with Crippen LogP contribution in [0.4, 0.5) is 0 Å². The van der Waals surface area contributed by atoms with Crippen LogP contribution < -0.4 is 0 Å². The zero-order valence-electron chi connectivity index (χ0n) is 6.29. The van der Waals surface area contributed by atoms with Gasteiger partial charge in [0.05, 0.1) is 0 Å². The van der Waals surface area contributed by atoms with Crippen LogP contribution >= 0.6 is 24.4 Å². The molecule has 0 heterocycles. The quantitative estimate of drug-likeness (QED) is 0.501. The first-order valence-electron chi connectivity index (χ1n) is 2.96. The van der Waals surface area contributed by atoms with Crippen LogP contribution in [-0.4, -0.2) is 0 Å². The highest BCUT2D eigenvalue weighted by Crippen LogP contribution is 2.16. The number of rotatable bonds is 3. The molecule has 0 aliphatic carbocycles. The third kappa shape index (κ3) is 6.05. The van der Waals surface area contributed by atoms with Crippen LogP contribution in [0.3, 0.4) is 0 Å². The third-order valence-corrected chi connectivity index (χ3v) is 1.82. The number of thioether (sulfide) groups is 1. The molecule has 0 aromatic carbocycles. The van der Waals surface area contributed by atoms with Crippen molar-refractivity contribution in [2.75, 3.05) is 0 Å². The van der Waals surface area contributed by atoms with Crippen LogP contribution in [0.25, 0.3) is 0 Å². The normalized spacial score (nSPS) is 12.5. The second-order valence-electron chi connectivity index (χ2n) is 2.00. The molecule has 0 aliphatic rings. The lowest BCUT2D eigenvalue weighted by atomic mass is 10.4. The minimum Gasteiger partial charge on any atom is -0.151 e. The fraction of sp³-hybridized carbons (Fsp3) is 0.250. The van der Waals surface area contributed by atoms with Gasteiger partial charge >= 0.3 is 0 Å². The van der Waals surface area contributed by atoms with Crippen LogP contribution in [0.15, 0.2) is 33.9 Å². The van der Waals surface area contributed by atoms with Crippen molar-refractivity contribution in [1.29, 1.82) is 0 Å². The topological polar surface area (TPSA) is 0 Å². The molecule has 0 nitrogen and oxygen atoms in total. The van der Waals surface area contributed by atoms with Crippen molar-refractivity contribution in [2.45, 2.75) is 13.8 Å². The van der Waals surface area contributed by atoms with Gasteiger partial charge in [-0.1, -0.05) is 12.7 Å². The molecule has 0 aromatic rings. The Morgan fingerprint density at radius 3 is 2.50 bits per heavy atom.